The molecule has 4 rings (SSSR count). The van der Waals surface area contributed by atoms with Crippen molar-refractivity contribution in [2.45, 2.75) is 39.4 Å². The number of hydrogen-bond acceptors (Lipinski definition) is 6. The predicted molar refractivity (Wildman–Crippen MR) is 118 cm³/mol. The molecule has 1 fully saturated rings. The summed E-state index contributed by atoms with van der Waals surface area (Å²) in [6.45, 7) is 5.34. The molecule has 1 saturated heterocycles. The molecule has 0 spiro atoms. The van der Waals surface area contributed by atoms with E-state index >= 15 is 0 Å². The number of aromatic nitrogens is 1. The fourth-order valence-corrected chi connectivity index (χ4v) is 6.59. The smallest absolute Gasteiger partial charge is 0.178 e. The Balaban J connectivity index is 1.55. The summed E-state index contributed by atoms with van der Waals surface area (Å²) in [5, 5.41) is 2.05. The zero-order valence-electron chi connectivity index (χ0n) is 17.2. The van der Waals surface area contributed by atoms with Crippen molar-refractivity contribution in [1.82, 2.24) is 9.47 Å². The summed E-state index contributed by atoms with van der Waals surface area (Å²) in [7, 11) is -3.05. The van der Waals surface area contributed by atoms with E-state index in [1.54, 1.807) is 23.7 Å². The topological polar surface area (TPSA) is 72.5 Å². The van der Waals surface area contributed by atoms with Gasteiger partial charge in [0.1, 0.15) is 5.76 Å². The van der Waals surface area contributed by atoms with Crippen LogP contribution in [0.25, 0.3) is 0 Å². The summed E-state index contributed by atoms with van der Waals surface area (Å²) in [5.74, 6) is 1.01. The number of nitrogens with zero attached hydrogens (tertiary/aromatic N) is 2. The lowest BCUT2D eigenvalue weighted by molar-refractivity contribution is 0.0883. The zero-order chi connectivity index (χ0) is 21.3. The minimum absolute atomic E-state index is 0.0105. The van der Waals surface area contributed by atoms with Gasteiger partial charge in [-0.05, 0) is 49.9 Å². The van der Waals surface area contributed by atoms with Crippen LogP contribution in [0.3, 0.4) is 0 Å². The number of Topliss-reactive ketones (excluding diaryl/α,β-unsaturated/α-hetero) is 1. The van der Waals surface area contributed by atoms with E-state index < -0.39 is 9.84 Å². The third-order valence-corrected chi connectivity index (χ3v) is 8.39. The van der Waals surface area contributed by atoms with Crippen molar-refractivity contribution in [3.8, 4) is 0 Å². The van der Waals surface area contributed by atoms with Crippen LogP contribution in [-0.4, -0.2) is 47.8 Å². The molecule has 1 aliphatic heterocycles. The maximum absolute atomic E-state index is 13.3. The molecule has 0 amide bonds. The normalized spacial score (nSPS) is 18.3. The molecule has 0 saturated carbocycles. The Bertz CT molecular complexity index is 1110. The van der Waals surface area contributed by atoms with E-state index in [9.17, 15) is 13.2 Å². The van der Waals surface area contributed by atoms with Gasteiger partial charge in [-0.15, -0.1) is 11.3 Å². The van der Waals surface area contributed by atoms with Gasteiger partial charge in [-0.25, -0.2) is 8.42 Å². The van der Waals surface area contributed by atoms with E-state index in [-0.39, 0.29) is 29.9 Å². The second-order valence-corrected chi connectivity index (χ2v) is 11.2. The molecule has 0 radical (unpaired) electrons. The molecule has 6 nitrogen and oxygen atoms in total. The maximum atomic E-state index is 13.3. The number of thiophene rings is 1. The number of furan rings is 1. The van der Waals surface area contributed by atoms with Crippen LogP contribution in [0.1, 0.15) is 38.8 Å². The Hall–Kier alpha value is -2.16. The second kappa shape index (κ2) is 8.53. The van der Waals surface area contributed by atoms with Crippen molar-refractivity contribution in [2.24, 2.45) is 0 Å². The van der Waals surface area contributed by atoms with Gasteiger partial charge < -0.3 is 8.98 Å². The highest BCUT2D eigenvalue weighted by molar-refractivity contribution is 7.91. The fraction of sp³-hybridized carbons (Fsp3) is 0.409. The summed E-state index contributed by atoms with van der Waals surface area (Å²) >= 11 is 1.70. The Morgan fingerprint density at radius 2 is 2.13 bits per heavy atom. The number of rotatable bonds is 8. The van der Waals surface area contributed by atoms with Crippen LogP contribution < -0.4 is 0 Å². The van der Waals surface area contributed by atoms with Crippen LogP contribution in [0.4, 0.5) is 0 Å². The Morgan fingerprint density at radius 3 is 2.77 bits per heavy atom. The lowest BCUT2D eigenvalue weighted by Crippen LogP contribution is -2.39. The minimum Gasteiger partial charge on any atom is -0.468 e. The highest BCUT2D eigenvalue weighted by atomic mass is 32.2. The first-order valence-electron chi connectivity index (χ1n) is 10.0. The summed E-state index contributed by atoms with van der Waals surface area (Å²) in [5.41, 5.74) is 2.70. The molecule has 8 heteroatoms. The molecule has 1 unspecified atom stereocenters. The number of carbonyl (C=O) groups is 1. The van der Waals surface area contributed by atoms with E-state index in [0.29, 0.717) is 18.5 Å². The van der Waals surface area contributed by atoms with Gasteiger partial charge in [0.15, 0.2) is 15.6 Å². The molecule has 0 N–H and O–H groups in total. The van der Waals surface area contributed by atoms with Gasteiger partial charge in [0.25, 0.3) is 0 Å². The van der Waals surface area contributed by atoms with Crippen LogP contribution in [0.2, 0.25) is 0 Å². The van der Waals surface area contributed by atoms with Crippen molar-refractivity contribution < 1.29 is 17.6 Å². The molecule has 4 heterocycles. The maximum Gasteiger partial charge on any atom is 0.178 e. The van der Waals surface area contributed by atoms with E-state index in [4.69, 9.17) is 4.42 Å². The number of ketones is 1. The molecular weight excluding hydrogens is 420 g/mol. The van der Waals surface area contributed by atoms with Gasteiger partial charge in [0.2, 0.25) is 0 Å². The molecule has 0 aromatic carbocycles. The Kier molecular flexibility index (Phi) is 5.99. The second-order valence-electron chi connectivity index (χ2n) is 7.91. The van der Waals surface area contributed by atoms with Gasteiger partial charge in [0, 0.05) is 27.9 Å². The summed E-state index contributed by atoms with van der Waals surface area (Å²) in [6, 6.07) is 9.56. The molecule has 30 heavy (non-hydrogen) atoms. The van der Waals surface area contributed by atoms with Crippen LogP contribution in [0.15, 0.2) is 46.4 Å². The van der Waals surface area contributed by atoms with Crippen molar-refractivity contribution in [1.29, 1.82) is 0 Å². The van der Waals surface area contributed by atoms with Crippen LogP contribution in [0, 0.1) is 13.8 Å². The molecule has 0 bridgehead atoms. The molecule has 0 aliphatic carbocycles. The first-order valence-corrected chi connectivity index (χ1v) is 12.7. The minimum atomic E-state index is -3.05. The van der Waals surface area contributed by atoms with Gasteiger partial charge in [-0.3, -0.25) is 9.69 Å². The van der Waals surface area contributed by atoms with Gasteiger partial charge in [0.05, 0.1) is 37.4 Å². The first-order chi connectivity index (χ1) is 14.3. The highest BCUT2D eigenvalue weighted by Crippen LogP contribution is 2.23. The van der Waals surface area contributed by atoms with Crippen LogP contribution in [-0.2, 0) is 22.9 Å². The molecular formula is C22H26N2O4S2. The third-order valence-electron chi connectivity index (χ3n) is 5.78. The van der Waals surface area contributed by atoms with E-state index in [2.05, 4.69) is 16.0 Å². The van der Waals surface area contributed by atoms with Gasteiger partial charge in [-0.1, -0.05) is 6.07 Å². The Morgan fingerprint density at radius 1 is 1.30 bits per heavy atom. The SMILES string of the molecule is Cc1cc(C(=O)CN(Cc2ccco2)C2CCS(=O)(=O)C2)c(C)n1Cc1cccs1. The molecule has 160 valence electrons. The molecule has 1 atom stereocenters. The van der Waals surface area contributed by atoms with Crippen LogP contribution in [0.5, 0.6) is 0 Å². The van der Waals surface area contributed by atoms with E-state index in [1.807, 2.05) is 36.9 Å². The van der Waals surface area contributed by atoms with Crippen molar-refractivity contribution >= 4 is 27.0 Å². The number of carbonyl (C=O) groups excluding carboxylic acids is 1. The van der Waals surface area contributed by atoms with E-state index in [1.165, 1.54) is 4.88 Å². The number of sulfone groups is 1. The summed E-state index contributed by atoms with van der Waals surface area (Å²) < 4.78 is 31.7. The quantitative estimate of drug-likeness (QED) is 0.494. The Labute approximate surface area is 181 Å². The van der Waals surface area contributed by atoms with Crippen molar-refractivity contribution in [3.05, 3.63) is 69.6 Å². The average Bonchev–Trinajstić information content (AvgIpc) is 3.47. The summed E-state index contributed by atoms with van der Waals surface area (Å²) in [6.07, 6.45) is 2.15. The molecule has 3 aromatic heterocycles. The van der Waals surface area contributed by atoms with Gasteiger partial charge >= 0.3 is 0 Å². The summed E-state index contributed by atoms with van der Waals surface area (Å²) in [4.78, 5) is 16.5. The standard InChI is InChI=1S/C22H26N2O4S2/c1-16-11-21(17(2)24(16)13-20-6-4-9-29-20)22(25)14-23(12-19-5-3-8-28-19)18-7-10-30(26,27)15-18/h3-6,8-9,11,18H,7,10,12-15H2,1-2H3. The fourth-order valence-electron chi connectivity index (χ4n) is 4.13. The third kappa shape index (κ3) is 4.61. The van der Waals surface area contributed by atoms with E-state index in [0.717, 1.165) is 23.7 Å². The lowest BCUT2D eigenvalue weighted by atomic mass is 10.1. The van der Waals surface area contributed by atoms with Crippen molar-refractivity contribution in [3.63, 3.8) is 0 Å². The number of hydrogen-bond donors (Lipinski definition) is 0. The van der Waals surface area contributed by atoms with Crippen molar-refractivity contribution in [2.75, 3.05) is 18.1 Å². The zero-order valence-corrected chi connectivity index (χ0v) is 18.8. The molecule has 1 aliphatic rings. The van der Waals surface area contributed by atoms with Crippen LogP contribution >= 0.6 is 11.3 Å². The molecule has 3 aromatic rings. The lowest BCUT2D eigenvalue weighted by Gasteiger charge is -2.26. The van der Waals surface area contributed by atoms with Gasteiger partial charge in [-0.2, -0.15) is 0 Å². The first kappa shape index (κ1) is 21.1. The average molecular weight is 447 g/mol. The monoisotopic (exact) mass is 446 g/mol. The largest absolute Gasteiger partial charge is 0.468 e. The predicted octanol–water partition coefficient (Wildman–Crippen LogP) is 3.68. The highest BCUT2D eigenvalue weighted by Gasteiger charge is 2.34. The number of aryl methyl sites for hydroxylation is 1.